The Bertz CT molecular complexity index is 326. The van der Waals surface area contributed by atoms with E-state index in [0.717, 1.165) is 11.6 Å². The Labute approximate surface area is 98.3 Å². The van der Waals surface area contributed by atoms with Crippen LogP contribution in [0, 0.1) is 0 Å². The van der Waals surface area contributed by atoms with Gasteiger partial charge >= 0.3 is 0 Å². The summed E-state index contributed by atoms with van der Waals surface area (Å²) in [5.41, 5.74) is -0.255. The van der Waals surface area contributed by atoms with Crippen molar-refractivity contribution in [3.63, 3.8) is 0 Å². The minimum absolute atomic E-state index is 0.247. The molecule has 2 unspecified atom stereocenters. The first-order valence-corrected chi connectivity index (χ1v) is 5.86. The van der Waals surface area contributed by atoms with Gasteiger partial charge in [-0.2, -0.15) is 11.6 Å². The average Bonchev–Trinajstić information content (AvgIpc) is 2.83. The number of hydrogen-bond acceptors (Lipinski definition) is 6. The van der Waals surface area contributed by atoms with Crippen LogP contribution in [0.3, 0.4) is 0 Å². The highest BCUT2D eigenvalue weighted by Crippen LogP contribution is 2.32. The molecule has 8 heteroatoms. The van der Waals surface area contributed by atoms with Gasteiger partial charge in [0.1, 0.15) is 12.2 Å². The van der Waals surface area contributed by atoms with Crippen LogP contribution in [0.15, 0.2) is 12.4 Å². The molecule has 1 fully saturated rings. The van der Waals surface area contributed by atoms with Gasteiger partial charge in [-0.15, -0.1) is 5.10 Å². The van der Waals surface area contributed by atoms with Crippen molar-refractivity contribution in [2.75, 3.05) is 6.61 Å². The summed E-state index contributed by atoms with van der Waals surface area (Å²) in [5, 5.41) is 26.6. The van der Waals surface area contributed by atoms with Crippen molar-refractivity contribution in [2.24, 2.45) is 0 Å². The van der Waals surface area contributed by atoms with Gasteiger partial charge in [0.05, 0.1) is 24.3 Å². The Hall–Kier alpha value is -0.565. The molecule has 4 atom stereocenters. The number of nitrogens with zero attached hydrogens (tertiary/aromatic N) is 3. The van der Waals surface area contributed by atoms with Gasteiger partial charge in [-0.25, -0.2) is 4.68 Å². The third-order valence-electron chi connectivity index (χ3n) is 2.65. The molecule has 2 N–H and O–H groups in total. The maximum Gasteiger partial charge on any atom is 0.165 e. The molecule has 1 saturated heterocycles. The van der Waals surface area contributed by atoms with Crippen LogP contribution in [0.1, 0.15) is 12.5 Å². The predicted octanol–water partition coefficient (Wildman–Crippen LogP) is -0.896. The van der Waals surface area contributed by atoms with Gasteiger partial charge in [-0.05, 0) is 0 Å². The van der Waals surface area contributed by atoms with Gasteiger partial charge in [0, 0.05) is 12.6 Å². The van der Waals surface area contributed by atoms with Crippen LogP contribution in [0.2, 0.25) is 0 Å². The quantitative estimate of drug-likeness (QED) is 0.668. The van der Waals surface area contributed by atoms with Gasteiger partial charge in [0.15, 0.2) is 7.12 Å². The Balaban J connectivity index is 2.16. The van der Waals surface area contributed by atoms with E-state index in [1.165, 1.54) is 0 Å². The normalized spacial score (nSPS) is 35.1. The third kappa shape index (κ3) is 2.24. The van der Waals surface area contributed by atoms with Crippen molar-refractivity contribution in [3.8, 4) is 0 Å². The predicted molar refractivity (Wildman–Crippen MR) is 58.8 cm³/mol. The van der Waals surface area contributed by atoms with Gasteiger partial charge in [0.2, 0.25) is 0 Å². The van der Waals surface area contributed by atoms with E-state index in [1.807, 2.05) is 0 Å². The first-order chi connectivity index (χ1) is 7.76. The Morgan fingerprint density at radius 3 is 3.00 bits per heavy atom. The van der Waals surface area contributed by atoms with E-state index in [1.54, 1.807) is 17.1 Å². The molecule has 1 aliphatic rings. The number of ether oxygens (including phenoxy) is 1. The van der Waals surface area contributed by atoms with Crippen molar-refractivity contribution in [3.05, 3.63) is 12.4 Å². The maximum absolute atomic E-state index is 9.99. The average molecular weight is 241 g/mol. The minimum Gasteiger partial charge on any atom is -0.394 e. The molecule has 1 aromatic rings. The monoisotopic (exact) mass is 241 g/mol. The lowest BCUT2D eigenvalue weighted by atomic mass is 10.00. The summed E-state index contributed by atoms with van der Waals surface area (Å²) in [5.74, 6) is 0. The van der Waals surface area contributed by atoms with Crippen molar-refractivity contribution in [2.45, 2.75) is 30.1 Å². The van der Waals surface area contributed by atoms with Crippen LogP contribution in [0.4, 0.5) is 0 Å². The van der Waals surface area contributed by atoms with E-state index in [0.29, 0.717) is 6.42 Å². The van der Waals surface area contributed by atoms with Gasteiger partial charge in [-0.1, -0.05) is 5.21 Å². The molecule has 2 heterocycles. The van der Waals surface area contributed by atoms with Crippen LogP contribution >= 0.6 is 11.6 Å². The van der Waals surface area contributed by atoms with E-state index >= 15 is 0 Å². The molecule has 6 nitrogen and oxygen atoms in total. The SMILES string of the molecule is [B]S[C@@H]1C[C@@H](n2ccnn2)C(O)C(CO)O1. The summed E-state index contributed by atoms with van der Waals surface area (Å²) in [7, 11) is 5.46. The number of aliphatic hydroxyl groups excluding tert-OH is 2. The van der Waals surface area contributed by atoms with Crippen LogP contribution in [0.5, 0.6) is 0 Å². The molecule has 0 aliphatic carbocycles. The molecule has 86 valence electrons. The van der Waals surface area contributed by atoms with Gasteiger partial charge in [0.25, 0.3) is 0 Å². The van der Waals surface area contributed by atoms with E-state index in [2.05, 4.69) is 10.3 Å². The van der Waals surface area contributed by atoms with Crippen molar-refractivity contribution in [1.82, 2.24) is 15.0 Å². The largest absolute Gasteiger partial charge is 0.394 e. The minimum atomic E-state index is -0.810. The van der Waals surface area contributed by atoms with Gasteiger partial charge < -0.3 is 14.9 Å². The second kappa shape index (κ2) is 5.18. The third-order valence-corrected chi connectivity index (χ3v) is 3.26. The maximum atomic E-state index is 9.99. The topological polar surface area (TPSA) is 80.4 Å². The second-order valence-corrected chi connectivity index (χ2v) is 4.40. The zero-order valence-corrected chi connectivity index (χ0v) is 9.32. The smallest absolute Gasteiger partial charge is 0.165 e. The number of rotatable bonds is 3. The highest BCUT2D eigenvalue weighted by Gasteiger charge is 2.38. The number of aromatic nitrogens is 3. The molecule has 0 saturated carbocycles. The van der Waals surface area contributed by atoms with Crippen molar-refractivity contribution in [1.29, 1.82) is 0 Å². The lowest BCUT2D eigenvalue weighted by molar-refractivity contribution is -0.130. The molecular weight excluding hydrogens is 229 g/mol. The van der Waals surface area contributed by atoms with Crippen LogP contribution in [-0.4, -0.2) is 56.6 Å². The van der Waals surface area contributed by atoms with E-state index in [-0.39, 0.29) is 18.1 Å². The Kier molecular flexibility index (Phi) is 3.85. The van der Waals surface area contributed by atoms with Crippen LogP contribution in [-0.2, 0) is 4.74 Å². The van der Waals surface area contributed by atoms with E-state index < -0.39 is 12.2 Å². The summed E-state index contributed by atoms with van der Waals surface area (Å²) in [6, 6.07) is -0.269. The van der Waals surface area contributed by atoms with E-state index in [4.69, 9.17) is 17.0 Å². The molecule has 0 bridgehead atoms. The Morgan fingerprint density at radius 1 is 1.62 bits per heavy atom. The Morgan fingerprint density at radius 2 is 2.44 bits per heavy atom. The second-order valence-electron chi connectivity index (χ2n) is 3.60. The number of hydrogen-bond donors (Lipinski definition) is 2. The van der Waals surface area contributed by atoms with Crippen molar-refractivity contribution < 1.29 is 14.9 Å². The molecule has 0 amide bonds. The molecule has 2 rings (SSSR count). The highest BCUT2D eigenvalue weighted by atomic mass is 32.2. The lowest BCUT2D eigenvalue weighted by Crippen LogP contribution is -2.47. The summed E-state index contributed by atoms with van der Waals surface area (Å²) in [6.07, 6.45) is 2.30. The first kappa shape index (κ1) is 11.9. The fourth-order valence-corrected chi connectivity index (χ4v) is 2.33. The summed E-state index contributed by atoms with van der Waals surface area (Å²) in [4.78, 5) is 0. The van der Waals surface area contributed by atoms with Crippen LogP contribution < -0.4 is 0 Å². The lowest BCUT2D eigenvalue weighted by Gasteiger charge is -2.38. The molecule has 2 radical (unpaired) electrons. The first-order valence-electron chi connectivity index (χ1n) is 4.92. The fraction of sp³-hybridized carbons (Fsp3) is 0.750. The van der Waals surface area contributed by atoms with Gasteiger partial charge in [-0.3, -0.25) is 0 Å². The molecular formula is C8H12BN3O3S. The van der Waals surface area contributed by atoms with Crippen molar-refractivity contribution >= 4 is 18.7 Å². The zero-order chi connectivity index (χ0) is 11.5. The fourth-order valence-electron chi connectivity index (χ4n) is 1.81. The zero-order valence-electron chi connectivity index (χ0n) is 8.51. The van der Waals surface area contributed by atoms with Crippen LogP contribution in [0.25, 0.3) is 0 Å². The molecule has 0 aromatic carbocycles. The standard InChI is InChI=1S/C8H12BN3O3S/c9-16-7-3-5(12-2-1-10-11-12)8(14)6(4-13)15-7/h1-2,5-8,13-14H,3-4H2/t5-,6?,7-,8?/m1/s1. The molecule has 1 aliphatic heterocycles. The number of aliphatic hydroxyl groups is 2. The van der Waals surface area contributed by atoms with E-state index in [9.17, 15) is 5.11 Å². The summed E-state index contributed by atoms with van der Waals surface area (Å²) < 4.78 is 6.97. The molecule has 16 heavy (non-hydrogen) atoms. The summed E-state index contributed by atoms with van der Waals surface area (Å²) in [6.45, 7) is -0.247. The highest BCUT2D eigenvalue weighted by molar-refractivity contribution is 8.20. The molecule has 1 aromatic heterocycles. The summed E-state index contributed by atoms with van der Waals surface area (Å²) >= 11 is 1.06. The molecule has 0 spiro atoms.